The number of carbonyl (C=O) groups is 1. The smallest absolute Gasteiger partial charge is 0.160 e. The van der Waals surface area contributed by atoms with E-state index in [0.717, 1.165) is 11.1 Å². The van der Waals surface area contributed by atoms with E-state index in [1.54, 1.807) is 14.0 Å². The first-order chi connectivity index (χ1) is 7.49. The summed E-state index contributed by atoms with van der Waals surface area (Å²) in [5.74, 6) is 0.0747. The van der Waals surface area contributed by atoms with E-state index in [9.17, 15) is 4.79 Å². The Kier molecular flexibility index (Phi) is 5.97. The largest absolute Gasteiger partial charge is 0.374 e. The van der Waals surface area contributed by atoms with E-state index in [2.05, 4.69) is 0 Å². The van der Waals surface area contributed by atoms with Crippen molar-refractivity contribution in [2.45, 2.75) is 40.2 Å². The van der Waals surface area contributed by atoms with Gasteiger partial charge in [-0.15, -0.1) is 0 Å². The van der Waals surface area contributed by atoms with E-state index in [1.807, 2.05) is 52.0 Å². The van der Waals surface area contributed by atoms with Crippen molar-refractivity contribution in [3.8, 4) is 0 Å². The van der Waals surface area contributed by atoms with E-state index in [0.29, 0.717) is 0 Å². The maximum atomic E-state index is 11.4. The molecule has 0 heterocycles. The fourth-order valence-corrected chi connectivity index (χ4v) is 1.43. The number of methoxy groups -OCH3 is 1. The van der Waals surface area contributed by atoms with E-state index in [4.69, 9.17) is 4.74 Å². The molecule has 0 aromatic heterocycles. The van der Waals surface area contributed by atoms with Crippen LogP contribution in [-0.2, 0) is 10.3 Å². The Labute approximate surface area is 98.6 Å². The lowest BCUT2D eigenvalue weighted by Crippen LogP contribution is -2.22. The van der Waals surface area contributed by atoms with Crippen molar-refractivity contribution >= 4 is 5.78 Å². The molecule has 1 aromatic carbocycles. The minimum Gasteiger partial charge on any atom is -0.374 e. The number of ether oxygens (including phenoxy) is 1. The van der Waals surface area contributed by atoms with Gasteiger partial charge >= 0.3 is 0 Å². The molecule has 2 nitrogen and oxygen atoms in total. The van der Waals surface area contributed by atoms with Gasteiger partial charge in [-0.1, -0.05) is 38.1 Å². The molecule has 2 heteroatoms. The summed E-state index contributed by atoms with van der Waals surface area (Å²) in [6.45, 7) is 9.48. The van der Waals surface area contributed by atoms with Crippen LogP contribution >= 0.6 is 0 Å². The van der Waals surface area contributed by atoms with Gasteiger partial charge in [0.15, 0.2) is 5.78 Å². The van der Waals surface area contributed by atoms with Gasteiger partial charge in [0.2, 0.25) is 0 Å². The summed E-state index contributed by atoms with van der Waals surface area (Å²) in [5, 5.41) is 0. The fourth-order valence-electron chi connectivity index (χ4n) is 1.43. The van der Waals surface area contributed by atoms with Crippen LogP contribution in [0.1, 0.15) is 50.5 Å². The van der Waals surface area contributed by atoms with E-state index in [-0.39, 0.29) is 5.78 Å². The molecule has 16 heavy (non-hydrogen) atoms. The molecule has 0 amide bonds. The summed E-state index contributed by atoms with van der Waals surface area (Å²) in [5.41, 5.74) is 1.26. The van der Waals surface area contributed by atoms with Crippen LogP contribution in [0, 0.1) is 0 Å². The molecule has 0 fully saturated rings. The number of ketones is 1. The third-order valence-electron chi connectivity index (χ3n) is 2.47. The number of carbonyl (C=O) groups excluding carboxylic acids is 1. The highest BCUT2D eigenvalue weighted by atomic mass is 16.5. The lowest BCUT2D eigenvalue weighted by atomic mass is 9.91. The second kappa shape index (κ2) is 6.44. The minimum absolute atomic E-state index is 0.0747. The molecule has 1 aromatic rings. The van der Waals surface area contributed by atoms with E-state index >= 15 is 0 Å². The predicted molar refractivity (Wildman–Crippen MR) is 67.8 cm³/mol. The predicted octanol–water partition coefficient (Wildman–Crippen LogP) is 3.80. The maximum absolute atomic E-state index is 11.4. The van der Waals surface area contributed by atoms with Gasteiger partial charge in [-0.3, -0.25) is 4.79 Å². The molecule has 0 radical (unpaired) electrons. The first-order valence-corrected chi connectivity index (χ1v) is 5.64. The molecule has 0 unspecified atom stereocenters. The number of Topliss-reactive ketones (excluding diaryl/α,β-unsaturated/α-hetero) is 1. The molecule has 0 saturated heterocycles. The second-order valence-electron chi connectivity index (χ2n) is 3.82. The maximum Gasteiger partial charge on any atom is 0.160 e. The van der Waals surface area contributed by atoms with Gasteiger partial charge in [-0.2, -0.15) is 0 Å². The van der Waals surface area contributed by atoms with Crippen LogP contribution in [0.3, 0.4) is 0 Å². The molecule has 0 atom stereocenters. The Bertz CT molecular complexity index is 340. The first-order valence-electron chi connectivity index (χ1n) is 5.64. The van der Waals surface area contributed by atoms with Crippen LogP contribution < -0.4 is 0 Å². The normalized spacial score (nSPS) is 10.4. The lowest BCUT2D eigenvalue weighted by molar-refractivity contribution is 0.0185. The first kappa shape index (κ1) is 14.8. The average molecular weight is 222 g/mol. The van der Waals surface area contributed by atoms with Crippen LogP contribution in [0.15, 0.2) is 24.3 Å². The second-order valence-corrected chi connectivity index (χ2v) is 3.82. The highest BCUT2D eigenvalue weighted by Crippen LogP contribution is 2.27. The minimum atomic E-state index is -0.414. The van der Waals surface area contributed by atoms with Gasteiger partial charge in [-0.05, 0) is 26.3 Å². The van der Waals surface area contributed by atoms with Crippen molar-refractivity contribution in [2.24, 2.45) is 0 Å². The van der Waals surface area contributed by atoms with Crippen molar-refractivity contribution in [3.63, 3.8) is 0 Å². The number of hydrogen-bond acceptors (Lipinski definition) is 2. The summed E-state index contributed by atoms with van der Waals surface area (Å²) in [6.07, 6.45) is 0. The Morgan fingerprint density at radius 1 is 1.19 bits per heavy atom. The van der Waals surface area contributed by atoms with E-state index < -0.39 is 5.60 Å². The fraction of sp³-hybridized carbons (Fsp3) is 0.500. The number of hydrogen-bond donors (Lipinski definition) is 0. The van der Waals surface area contributed by atoms with Crippen LogP contribution in [0.2, 0.25) is 0 Å². The summed E-state index contributed by atoms with van der Waals surface area (Å²) in [7, 11) is 1.65. The number of rotatable bonds is 3. The van der Waals surface area contributed by atoms with Crippen molar-refractivity contribution < 1.29 is 9.53 Å². The highest BCUT2D eigenvalue weighted by molar-refractivity contribution is 5.95. The Balaban J connectivity index is 0.00000106. The molecule has 0 aliphatic rings. The molecular formula is C14H22O2. The average Bonchev–Trinajstić information content (AvgIpc) is 2.31. The van der Waals surface area contributed by atoms with Crippen LogP contribution in [-0.4, -0.2) is 12.9 Å². The summed E-state index contributed by atoms with van der Waals surface area (Å²) < 4.78 is 5.36. The van der Waals surface area contributed by atoms with Gasteiger partial charge < -0.3 is 4.74 Å². The van der Waals surface area contributed by atoms with Crippen LogP contribution in [0.4, 0.5) is 0 Å². The zero-order chi connectivity index (χ0) is 12.8. The summed E-state index contributed by atoms with van der Waals surface area (Å²) in [6, 6.07) is 7.55. The van der Waals surface area contributed by atoms with Gasteiger partial charge in [-0.25, -0.2) is 0 Å². The molecule has 1 rings (SSSR count). The quantitative estimate of drug-likeness (QED) is 0.727. The van der Waals surface area contributed by atoms with Crippen molar-refractivity contribution in [2.75, 3.05) is 7.11 Å². The third kappa shape index (κ3) is 3.46. The third-order valence-corrected chi connectivity index (χ3v) is 2.47. The Morgan fingerprint density at radius 3 is 2.12 bits per heavy atom. The monoisotopic (exact) mass is 222 g/mol. The Hall–Kier alpha value is -1.15. The van der Waals surface area contributed by atoms with Crippen LogP contribution in [0.5, 0.6) is 0 Å². The van der Waals surface area contributed by atoms with Gasteiger partial charge in [0.25, 0.3) is 0 Å². The van der Waals surface area contributed by atoms with Gasteiger partial charge in [0, 0.05) is 12.7 Å². The molecule has 0 N–H and O–H groups in total. The molecule has 0 aliphatic carbocycles. The topological polar surface area (TPSA) is 26.3 Å². The van der Waals surface area contributed by atoms with Gasteiger partial charge in [0.1, 0.15) is 0 Å². The lowest BCUT2D eigenvalue weighted by Gasteiger charge is -2.25. The zero-order valence-electron chi connectivity index (χ0n) is 11.1. The molecule has 90 valence electrons. The van der Waals surface area contributed by atoms with Gasteiger partial charge in [0.05, 0.1) is 5.60 Å². The van der Waals surface area contributed by atoms with Crippen molar-refractivity contribution in [3.05, 3.63) is 35.4 Å². The van der Waals surface area contributed by atoms with Crippen molar-refractivity contribution in [1.82, 2.24) is 0 Å². The summed E-state index contributed by atoms with van der Waals surface area (Å²) in [4.78, 5) is 11.4. The van der Waals surface area contributed by atoms with E-state index in [1.165, 1.54) is 0 Å². The van der Waals surface area contributed by atoms with Crippen molar-refractivity contribution in [1.29, 1.82) is 0 Å². The zero-order valence-corrected chi connectivity index (χ0v) is 11.1. The van der Waals surface area contributed by atoms with Crippen LogP contribution in [0.25, 0.3) is 0 Å². The molecule has 0 saturated carbocycles. The molecule has 0 spiro atoms. The number of benzene rings is 1. The molecule has 0 aliphatic heterocycles. The molecular weight excluding hydrogens is 200 g/mol. The SMILES string of the molecule is CC.COC(C)(C)c1ccccc1C(C)=O. The molecule has 0 bridgehead atoms. The summed E-state index contributed by atoms with van der Waals surface area (Å²) >= 11 is 0. The standard InChI is InChI=1S/C12H16O2.C2H6/c1-9(13)10-7-5-6-8-11(10)12(2,3)14-4;1-2/h5-8H,1-4H3;1-2H3. The Morgan fingerprint density at radius 2 is 1.69 bits per heavy atom. The highest BCUT2D eigenvalue weighted by Gasteiger charge is 2.23.